The minimum Gasteiger partial charge on any atom is -0.395 e. The SMILES string of the molecule is II.OCCN1CN(CCO)CN(CCO)C1. The summed E-state index contributed by atoms with van der Waals surface area (Å²) in [5.41, 5.74) is 0. The second-order valence-corrected chi connectivity index (χ2v) is 3.78. The largest absolute Gasteiger partial charge is 0.395 e. The fourth-order valence-corrected chi connectivity index (χ4v) is 1.83. The lowest BCUT2D eigenvalue weighted by molar-refractivity contribution is -0.0448. The van der Waals surface area contributed by atoms with Crippen molar-refractivity contribution in [3.8, 4) is 0 Å². The van der Waals surface area contributed by atoms with Gasteiger partial charge in [-0.1, -0.05) is 0 Å². The Morgan fingerprint density at radius 2 is 0.882 bits per heavy atom. The Balaban J connectivity index is 0.00000121. The van der Waals surface area contributed by atoms with Crippen LogP contribution in [0.3, 0.4) is 0 Å². The van der Waals surface area contributed by atoms with Gasteiger partial charge in [0.1, 0.15) is 0 Å². The topological polar surface area (TPSA) is 70.4 Å². The molecule has 0 bridgehead atoms. The number of halogens is 2. The van der Waals surface area contributed by atoms with Crippen molar-refractivity contribution < 1.29 is 15.3 Å². The molecule has 1 aliphatic rings. The molecule has 0 aromatic rings. The van der Waals surface area contributed by atoms with Gasteiger partial charge in [0.25, 0.3) is 0 Å². The van der Waals surface area contributed by atoms with Crippen molar-refractivity contribution in [1.82, 2.24) is 14.7 Å². The zero-order valence-corrected chi connectivity index (χ0v) is 14.1. The zero-order chi connectivity index (χ0) is 13.1. The molecule has 0 aliphatic carbocycles. The van der Waals surface area contributed by atoms with Gasteiger partial charge in [0, 0.05) is 56.9 Å². The van der Waals surface area contributed by atoms with Crippen molar-refractivity contribution in [2.24, 2.45) is 0 Å². The number of hydrogen-bond donors (Lipinski definition) is 3. The fraction of sp³-hybridized carbons (Fsp3) is 1.00. The van der Waals surface area contributed by atoms with Gasteiger partial charge in [-0.15, -0.1) is 0 Å². The first-order chi connectivity index (χ1) is 8.30. The summed E-state index contributed by atoms with van der Waals surface area (Å²) < 4.78 is 0. The van der Waals surface area contributed by atoms with Crippen molar-refractivity contribution >= 4 is 37.2 Å². The van der Waals surface area contributed by atoms with Crippen LogP contribution in [0.4, 0.5) is 0 Å². The molecule has 0 spiro atoms. The molecule has 17 heavy (non-hydrogen) atoms. The number of hydrogen-bond acceptors (Lipinski definition) is 6. The summed E-state index contributed by atoms with van der Waals surface area (Å²) in [4.78, 5) is 6.28. The smallest absolute Gasteiger partial charge is 0.0559 e. The molecule has 104 valence electrons. The van der Waals surface area contributed by atoms with Crippen molar-refractivity contribution in [1.29, 1.82) is 0 Å². The highest BCUT2D eigenvalue weighted by atomic mass is 128. The summed E-state index contributed by atoms with van der Waals surface area (Å²) in [6, 6.07) is 0. The van der Waals surface area contributed by atoms with Gasteiger partial charge in [-0.3, -0.25) is 14.7 Å². The van der Waals surface area contributed by atoms with Gasteiger partial charge >= 0.3 is 0 Å². The van der Waals surface area contributed by atoms with E-state index in [1.807, 2.05) is 0 Å². The third-order valence-corrected chi connectivity index (χ3v) is 2.45. The molecule has 0 saturated carbocycles. The molecule has 0 aromatic heterocycles. The highest BCUT2D eigenvalue weighted by Gasteiger charge is 2.21. The van der Waals surface area contributed by atoms with Gasteiger partial charge in [-0.25, -0.2) is 0 Å². The average molecular weight is 473 g/mol. The summed E-state index contributed by atoms with van der Waals surface area (Å²) in [5.74, 6) is 0. The van der Waals surface area contributed by atoms with Crippen LogP contribution in [0.25, 0.3) is 0 Å². The molecule has 0 aromatic carbocycles. The first-order valence-corrected chi connectivity index (χ1v) is 11.7. The van der Waals surface area contributed by atoms with E-state index >= 15 is 0 Å². The average Bonchev–Trinajstić information content (AvgIpc) is 2.33. The standard InChI is InChI=1S/C9H21N3O3.I2/c13-4-1-10-7-11(2-5-14)9-12(8-10)3-6-15;1-2/h13-15H,1-9H2;. The Labute approximate surface area is 126 Å². The molecule has 0 amide bonds. The Morgan fingerprint density at radius 1 is 0.647 bits per heavy atom. The number of nitrogens with zero attached hydrogens (tertiary/aromatic N) is 3. The van der Waals surface area contributed by atoms with E-state index in [9.17, 15) is 0 Å². The molecule has 1 saturated heterocycles. The molecule has 3 N–H and O–H groups in total. The number of rotatable bonds is 6. The molecule has 0 atom stereocenters. The Bertz CT molecular complexity index is 145. The maximum Gasteiger partial charge on any atom is 0.0559 e. The molecule has 1 heterocycles. The number of aliphatic hydroxyl groups excluding tert-OH is 3. The van der Waals surface area contributed by atoms with Crippen molar-refractivity contribution in [3.63, 3.8) is 0 Å². The van der Waals surface area contributed by atoms with Gasteiger partial charge in [-0.05, 0) is 0 Å². The van der Waals surface area contributed by atoms with Crippen molar-refractivity contribution in [2.45, 2.75) is 0 Å². The minimum atomic E-state index is 0.139. The molecule has 6 nitrogen and oxygen atoms in total. The Kier molecular flexibility index (Phi) is 13.1. The van der Waals surface area contributed by atoms with Crippen LogP contribution in [0, 0.1) is 0 Å². The van der Waals surface area contributed by atoms with Crippen LogP contribution in [-0.2, 0) is 0 Å². The predicted octanol–water partition coefficient (Wildman–Crippen LogP) is -0.473. The quantitative estimate of drug-likeness (QED) is 0.454. The van der Waals surface area contributed by atoms with Crippen molar-refractivity contribution in [3.05, 3.63) is 0 Å². The van der Waals surface area contributed by atoms with Gasteiger partial charge < -0.3 is 15.3 Å². The monoisotopic (exact) mass is 473 g/mol. The first kappa shape index (κ1) is 18.2. The summed E-state index contributed by atoms with van der Waals surface area (Å²) in [7, 11) is 0. The molecule has 8 heteroatoms. The van der Waals surface area contributed by atoms with Gasteiger partial charge in [0.15, 0.2) is 0 Å². The minimum absolute atomic E-state index is 0.139. The lowest BCUT2D eigenvalue weighted by atomic mass is 10.4. The van der Waals surface area contributed by atoms with E-state index in [4.69, 9.17) is 15.3 Å². The fourth-order valence-electron chi connectivity index (χ4n) is 1.83. The highest BCUT2D eigenvalue weighted by Crippen LogP contribution is 2.06. The van der Waals surface area contributed by atoms with Crippen LogP contribution in [0.2, 0.25) is 0 Å². The van der Waals surface area contributed by atoms with Crippen LogP contribution in [0.15, 0.2) is 0 Å². The Hall–Kier alpha value is 1.22. The molecule has 0 radical (unpaired) electrons. The van der Waals surface area contributed by atoms with E-state index in [1.54, 1.807) is 0 Å². The lowest BCUT2D eigenvalue weighted by Gasteiger charge is -2.41. The van der Waals surface area contributed by atoms with Crippen molar-refractivity contribution in [2.75, 3.05) is 59.5 Å². The third kappa shape index (κ3) is 8.08. The van der Waals surface area contributed by atoms with E-state index < -0.39 is 0 Å². The van der Waals surface area contributed by atoms with Crippen LogP contribution >= 0.6 is 37.2 Å². The molecule has 1 fully saturated rings. The summed E-state index contributed by atoms with van der Waals surface area (Å²) >= 11 is 4.24. The zero-order valence-electron chi connectivity index (χ0n) is 9.80. The summed E-state index contributed by atoms with van der Waals surface area (Å²) in [5, 5.41) is 26.6. The normalized spacial score (nSPS) is 18.9. The number of β-amino-alcohol motifs (C(OH)–C–C–N with tert-alkyl or cyclic N) is 3. The lowest BCUT2D eigenvalue weighted by Crippen LogP contribution is -2.56. The van der Waals surface area contributed by atoms with E-state index in [0.717, 1.165) is 20.0 Å². The van der Waals surface area contributed by atoms with E-state index in [0.29, 0.717) is 19.6 Å². The van der Waals surface area contributed by atoms with Gasteiger partial charge in [0.05, 0.1) is 39.8 Å². The third-order valence-electron chi connectivity index (χ3n) is 2.45. The van der Waals surface area contributed by atoms with Gasteiger partial charge in [0.2, 0.25) is 0 Å². The van der Waals surface area contributed by atoms with Crippen LogP contribution < -0.4 is 0 Å². The van der Waals surface area contributed by atoms with Crippen LogP contribution in [0.5, 0.6) is 0 Å². The molecule has 1 aliphatic heterocycles. The van der Waals surface area contributed by atoms with E-state index in [2.05, 4.69) is 51.9 Å². The second-order valence-electron chi connectivity index (χ2n) is 3.78. The predicted molar refractivity (Wildman–Crippen MR) is 84.0 cm³/mol. The molecule has 1 rings (SSSR count). The van der Waals surface area contributed by atoms with Crippen LogP contribution in [0.1, 0.15) is 0 Å². The second kappa shape index (κ2) is 12.3. The maximum atomic E-state index is 8.87. The highest BCUT2D eigenvalue weighted by molar-refractivity contribution is 15.0. The maximum absolute atomic E-state index is 8.87. The van der Waals surface area contributed by atoms with E-state index in [1.165, 1.54) is 0 Å². The van der Waals surface area contributed by atoms with Gasteiger partial charge in [-0.2, -0.15) is 0 Å². The van der Waals surface area contributed by atoms with E-state index in [-0.39, 0.29) is 19.8 Å². The molecular formula is C9H21I2N3O3. The Morgan fingerprint density at radius 3 is 1.06 bits per heavy atom. The summed E-state index contributed by atoms with van der Waals surface area (Å²) in [6.45, 7) is 4.60. The molecular weight excluding hydrogens is 452 g/mol. The van der Waals surface area contributed by atoms with Crippen LogP contribution in [-0.4, -0.2) is 89.5 Å². The molecule has 0 unspecified atom stereocenters. The summed E-state index contributed by atoms with van der Waals surface area (Å²) in [6.07, 6.45) is 0. The number of aliphatic hydroxyl groups is 3. The first-order valence-electron chi connectivity index (χ1n) is 5.44.